The minimum absolute atomic E-state index is 0.00260. The zero-order valence-electron chi connectivity index (χ0n) is 12.1. The normalized spacial score (nSPS) is 10.8. The number of hydrogen-bond acceptors (Lipinski definition) is 5. The molecular formula is C17H14O5. The molecule has 0 unspecified atom stereocenters. The number of rotatable bonds is 2. The first-order valence-corrected chi connectivity index (χ1v) is 6.64. The van der Waals surface area contributed by atoms with Crippen molar-refractivity contribution in [3.8, 4) is 28.4 Å². The minimum Gasteiger partial charge on any atom is -0.508 e. The maximum absolute atomic E-state index is 12.6. The summed E-state index contributed by atoms with van der Waals surface area (Å²) in [5, 5.41) is 19.7. The van der Waals surface area contributed by atoms with Gasteiger partial charge in [-0.3, -0.25) is 4.79 Å². The second-order valence-corrected chi connectivity index (χ2v) is 4.95. The van der Waals surface area contributed by atoms with Crippen molar-refractivity contribution in [3.05, 3.63) is 52.4 Å². The van der Waals surface area contributed by atoms with Crippen molar-refractivity contribution in [2.45, 2.75) is 6.92 Å². The van der Waals surface area contributed by atoms with Gasteiger partial charge < -0.3 is 19.4 Å². The van der Waals surface area contributed by atoms with Gasteiger partial charge in [-0.1, -0.05) is 6.07 Å². The van der Waals surface area contributed by atoms with Crippen molar-refractivity contribution in [2.24, 2.45) is 0 Å². The van der Waals surface area contributed by atoms with E-state index in [0.29, 0.717) is 27.7 Å². The monoisotopic (exact) mass is 298 g/mol. The number of benzene rings is 2. The van der Waals surface area contributed by atoms with Crippen LogP contribution < -0.4 is 10.2 Å². The molecule has 1 heterocycles. The predicted octanol–water partition coefficient (Wildman–Crippen LogP) is 3.19. The number of phenolic OH excluding ortho intramolecular Hbond substituents is 2. The highest BCUT2D eigenvalue weighted by Crippen LogP contribution is 2.32. The third-order valence-corrected chi connectivity index (χ3v) is 3.65. The lowest BCUT2D eigenvalue weighted by molar-refractivity contribution is 0.373. The number of methoxy groups -OCH3 is 1. The van der Waals surface area contributed by atoms with Gasteiger partial charge in [0.05, 0.1) is 18.1 Å². The summed E-state index contributed by atoms with van der Waals surface area (Å²) < 4.78 is 10.6. The fourth-order valence-corrected chi connectivity index (χ4v) is 2.37. The Kier molecular flexibility index (Phi) is 3.25. The highest BCUT2D eigenvalue weighted by atomic mass is 16.5. The first-order valence-electron chi connectivity index (χ1n) is 6.64. The van der Waals surface area contributed by atoms with Crippen LogP contribution in [0.3, 0.4) is 0 Å². The van der Waals surface area contributed by atoms with Crippen LogP contribution in [-0.4, -0.2) is 17.3 Å². The van der Waals surface area contributed by atoms with Gasteiger partial charge in [0.15, 0.2) is 11.5 Å². The molecule has 0 radical (unpaired) electrons. The minimum atomic E-state index is -0.211. The number of aryl methyl sites for hydroxylation is 1. The molecule has 22 heavy (non-hydrogen) atoms. The molecule has 0 aliphatic heterocycles. The number of fused-ring (bicyclic) bond motifs is 1. The van der Waals surface area contributed by atoms with E-state index in [9.17, 15) is 15.0 Å². The molecule has 2 N–H and O–H groups in total. The van der Waals surface area contributed by atoms with Crippen LogP contribution in [0.1, 0.15) is 5.56 Å². The lowest BCUT2D eigenvalue weighted by Crippen LogP contribution is -2.05. The van der Waals surface area contributed by atoms with E-state index in [1.54, 1.807) is 19.1 Å². The number of phenols is 2. The molecule has 3 aromatic rings. The second-order valence-electron chi connectivity index (χ2n) is 4.95. The molecule has 112 valence electrons. The van der Waals surface area contributed by atoms with Gasteiger partial charge in [0.25, 0.3) is 0 Å². The Labute approximate surface area is 126 Å². The first kappa shape index (κ1) is 14.0. The molecular weight excluding hydrogens is 284 g/mol. The van der Waals surface area contributed by atoms with Crippen LogP contribution in [0.2, 0.25) is 0 Å². The summed E-state index contributed by atoms with van der Waals surface area (Å²) in [4.78, 5) is 12.6. The average molecular weight is 298 g/mol. The fraction of sp³-hybridized carbons (Fsp3) is 0.118. The Hall–Kier alpha value is -2.95. The molecule has 2 aromatic carbocycles. The van der Waals surface area contributed by atoms with Gasteiger partial charge in [-0.05, 0) is 36.8 Å². The molecule has 1 aromatic heterocycles. The van der Waals surface area contributed by atoms with E-state index in [1.807, 2.05) is 0 Å². The molecule has 5 nitrogen and oxygen atoms in total. The quantitative estimate of drug-likeness (QED) is 0.759. The Morgan fingerprint density at radius 2 is 1.82 bits per heavy atom. The summed E-state index contributed by atoms with van der Waals surface area (Å²) in [6, 6.07) is 7.64. The van der Waals surface area contributed by atoms with Gasteiger partial charge >= 0.3 is 0 Å². The Morgan fingerprint density at radius 3 is 2.55 bits per heavy atom. The van der Waals surface area contributed by atoms with Crippen LogP contribution in [-0.2, 0) is 0 Å². The molecule has 0 saturated heterocycles. The molecule has 0 aliphatic carbocycles. The van der Waals surface area contributed by atoms with Crippen LogP contribution in [0.25, 0.3) is 22.1 Å². The highest BCUT2D eigenvalue weighted by Gasteiger charge is 2.14. The number of aromatic hydroxyl groups is 2. The Morgan fingerprint density at radius 1 is 1.09 bits per heavy atom. The largest absolute Gasteiger partial charge is 0.508 e. The van der Waals surface area contributed by atoms with E-state index in [2.05, 4.69) is 0 Å². The Bertz CT molecular complexity index is 924. The highest BCUT2D eigenvalue weighted by molar-refractivity contribution is 5.85. The first-order chi connectivity index (χ1) is 10.5. The zero-order chi connectivity index (χ0) is 15.9. The van der Waals surface area contributed by atoms with Gasteiger partial charge in [-0.15, -0.1) is 0 Å². The summed E-state index contributed by atoms with van der Waals surface area (Å²) in [7, 11) is 1.44. The summed E-state index contributed by atoms with van der Waals surface area (Å²) in [5.41, 5.74) is 1.60. The summed E-state index contributed by atoms with van der Waals surface area (Å²) in [6.07, 6.45) is 1.35. The predicted molar refractivity (Wildman–Crippen MR) is 82.5 cm³/mol. The lowest BCUT2D eigenvalue weighted by Gasteiger charge is -2.08. The maximum atomic E-state index is 12.6. The van der Waals surface area contributed by atoms with Crippen molar-refractivity contribution >= 4 is 11.0 Å². The van der Waals surface area contributed by atoms with Gasteiger partial charge in [0.2, 0.25) is 5.43 Å². The zero-order valence-corrected chi connectivity index (χ0v) is 12.1. The molecule has 5 heteroatoms. The summed E-state index contributed by atoms with van der Waals surface area (Å²) in [6.45, 7) is 1.68. The molecule has 0 fully saturated rings. The van der Waals surface area contributed by atoms with E-state index in [1.165, 1.54) is 31.6 Å². The molecule has 3 rings (SSSR count). The molecule has 0 amide bonds. The third-order valence-electron chi connectivity index (χ3n) is 3.65. The van der Waals surface area contributed by atoms with E-state index in [0.717, 1.165) is 0 Å². The van der Waals surface area contributed by atoms with Gasteiger partial charge in [-0.2, -0.15) is 0 Å². The van der Waals surface area contributed by atoms with Crippen molar-refractivity contribution in [3.63, 3.8) is 0 Å². The van der Waals surface area contributed by atoms with E-state index >= 15 is 0 Å². The van der Waals surface area contributed by atoms with E-state index in [4.69, 9.17) is 9.15 Å². The van der Waals surface area contributed by atoms with Crippen molar-refractivity contribution in [1.29, 1.82) is 0 Å². The van der Waals surface area contributed by atoms with Crippen LogP contribution in [0, 0.1) is 6.92 Å². The number of hydrogen-bond donors (Lipinski definition) is 2. The van der Waals surface area contributed by atoms with Crippen LogP contribution in [0.4, 0.5) is 0 Å². The maximum Gasteiger partial charge on any atom is 0.200 e. The van der Waals surface area contributed by atoms with Crippen LogP contribution >= 0.6 is 0 Å². The van der Waals surface area contributed by atoms with Gasteiger partial charge in [0.1, 0.15) is 17.6 Å². The molecule has 0 saturated carbocycles. The smallest absolute Gasteiger partial charge is 0.200 e. The van der Waals surface area contributed by atoms with Crippen molar-refractivity contribution in [1.82, 2.24) is 0 Å². The molecule has 0 spiro atoms. The van der Waals surface area contributed by atoms with Crippen LogP contribution in [0.15, 0.2) is 45.8 Å². The van der Waals surface area contributed by atoms with Gasteiger partial charge in [-0.25, -0.2) is 0 Å². The van der Waals surface area contributed by atoms with Crippen molar-refractivity contribution < 1.29 is 19.4 Å². The van der Waals surface area contributed by atoms with E-state index in [-0.39, 0.29) is 22.7 Å². The van der Waals surface area contributed by atoms with Crippen LogP contribution in [0.5, 0.6) is 17.2 Å². The summed E-state index contributed by atoms with van der Waals surface area (Å²) in [5.74, 6) is 0.353. The average Bonchev–Trinajstić information content (AvgIpc) is 2.52. The standard InChI is InChI=1S/C17H14O5/c1-9-13(18)6-4-11-16(20)12(8-22-17(9)11)10-3-5-14(19)15(7-10)21-2/h3-8,18-19H,1-2H3. The summed E-state index contributed by atoms with van der Waals surface area (Å²) >= 11 is 0. The van der Waals surface area contributed by atoms with Gasteiger partial charge in [0, 0.05) is 5.56 Å². The third kappa shape index (κ3) is 2.07. The lowest BCUT2D eigenvalue weighted by atomic mass is 10.0. The second kappa shape index (κ2) is 5.11. The Balaban J connectivity index is 2.27. The molecule has 0 aliphatic rings. The SMILES string of the molecule is COc1cc(-c2coc3c(C)c(O)ccc3c2=O)ccc1O. The molecule has 0 bridgehead atoms. The topological polar surface area (TPSA) is 79.9 Å². The fourth-order valence-electron chi connectivity index (χ4n) is 2.37. The van der Waals surface area contributed by atoms with E-state index < -0.39 is 0 Å². The molecule has 0 atom stereocenters. The van der Waals surface area contributed by atoms with Crippen molar-refractivity contribution in [2.75, 3.05) is 7.11 Å². The number of ether oxygens (including phenoxy) is 1.